The van der Waals surface area contributed by atoms with Gasteiger partial charge in [-0.3, -0.25) is 19.5 Å². The van der Waals surface area contributed by atoms with Crippen LogP contribution < -0.4 is 0 Å². The number of rotatable bonds is 5. The highest BCUT2D eigenvalue weighted by molar-refractivity contribution is 5.15. The van der Waals surface area contributed by atoms with Crippen molar-refractivity contribution in [3.8, 4) is 0 Å². The fourth-order valence-corrected chi connectivity index (χ4v) is 4.66. The Labute approximate surface area is 157 Å². The van der Waals surface area contributed by atoms with Gasteiger partial charge in [0.2, 0.25) is 0 Å². The molecule has 2 aromatic heterocycles. The van der Waals surface area contributed by atoms with E-state index in [2.05, 4.69) is 32.9 Å². The maximum Gasteiger partial charge on any atom is 0.0537 e. The van der Waals surface area contributed by atoms with Crippen LogP contribution in [0.25, 0.3) is 0 Å². The molecule has 2 saturated heterocycles. The van der Waals surface area contributed by atoms with Crippen molar-refractivity contribution in [2.75, 3.05) is 26.2 Å². The summed E-state index contributed by atoms with van der Waals surface area (Å²) in [7, 11) is 2.03. The van der Waals surface area contributed by atoms with Crippen molar-refractivity contribution in [2.45, 2.75) is 39.3 Å². The van der Waals surface area contributed by atoms with Crippen LogP contribution in [0.3, 0.4) is 0 Å². The molecule has 0 spiro atoms. The van der Waals surface area contributed by atoms with Gasteiger partial charge < -0.3 is 0 Å². The molecule has 0 amide bonds. The van der Waals surface area contributed by atoms with Gasteiger partial charge in [-0.2, -0.15) is 5.10 Å². The van der Waals surface area contributed by atoms with E-state index in [1.54, 1.807) is 0 Å². The molecule has 2 aromatic rings. The fraction of sp³-hybridized carbons (Fsp3) is 0.619. The molecule has 26 heavy (non-hydrogen) atoms. The summed E-state index contributed by atoms with van der Waals surface area (Å²) in [4.78, 5) is 9.47. The third-order valence-corrected chi connectivity index (χ3v) is 6.47. The lowest BCUT2D eigenvalue weighted by molar-refractivity contribution is 0.141. The molecule has 0 aromatic carbocycles. The molecule has 1 atom stereocenters. The van der Waals surface area contributed by atoms with E-state index in [1.165, 1.54) is 62.3 Å². The van der Waals surface area contributed by atoms with Crippen molar-refractivity contribution in [3.05, 3.63) is 47.5 Å². The molecule has 2 aliphatic rings. The largest absolute Gasteiger partial charge is 0.299 e. The van der Waals surface area contributed by atoms with Crippen molar-refractivity contribution in [1.82, 2.24) is 24.6 Å². The predicted molar refractivity (Wildman–Crippen MR) is 104 cm³/mol. The number of piperidine rings is 1. The van der Waals surface area contributed by atoms with Gasteiger partial charge in [-0.15, -0.1) is 0 Å². The van der Waals surface area contributed by atoms with Crippen LogP contribution in [0.5, 0.6) is 0 Å². The number of hydrogen-bond donors (Lipinski definition) is 0. The second-order valence-electron chi connectivity index (χ2n) is 8.14. The van der Waals surface area contributed by atoms with Crippen LogP contribution in [0, 0.1) is 18.8 Å². The van der Waals surface area contributed by atoms with Crippen LogP contribution in [0.1, 0.15) is 36.1 Å². The molecule has 4 heterocycles. The number of nitrogens with zero attached hydrogens (tertiary/aromatic N) is 5. The molecular weight excluding hydrogens is 322 g/mol. The first-order valence-electron chi connectivity index (χ1n) is 10.00. The molecule has 0 radical (unpaired) electrons. The minimum atomic E-state index is 0.882. The third-order valence-electron chi connectivity index (χ3n) is 6.47. The first-order valence-corrected chi connectivity index (χ1v) is 10.00. The summed E-state index contributed by atoms with van der Waals surface area (Å²) in [5.41, 5.74) is 4.03. The smallest absolute Gasteiger partial charge is 0.0537 e. The molecule has 5 heteroatoms. The number of pyridine rings is 1. The second-order valence-corrected chi connectivity index (χ2v) is 8.14. The summed E-state index contributed by atoms with van der Waals surface area (Å²) in [6.07, 6.45) is 9.97. The number of likely N-dealkylation sites (tertiary alicyclic amines) is 2. The summed E-state index contributed by atoms with van der Waals surface area (Å²) in [5.74, 6) is 1.78. The van der Waals surface area contributed by atoms with Crippen molar-refractivity contribution in [2.24, 2.45) is 18.9 Å². The van der Waals surface area contributed by atoms with E-state index in [9.17, 15) is 0 Å². The van der Waals surface area contributed by atoms with Crippen LogP contribution in [0.4, 0.5) is 0 Å². The average molecular weight is 354 g/mol. The second kappa shape index (κ2) is 7.89. The topological polar surface area (TPSA) is 37.2 Å². The Bertz CT molecular complexity index is 702. The lowest BCUT2D eigenvalue weighted by Crippen LogP contribution is -2.36. The van der Waals surface area contributed by atoms with E-state index >= 15 is 0 Å². The third kappa shape index (κ3) is 3.99. The Hall–Kier alpha value is -1.72. The summed E-state index contributed by atoms with van der Waals surface area (Å²) in [6.45, 7) is 9.27. The molecule has 140 valence electrons. The van der Waals surface area contributed by atoms with Gasteiger partial charge in [0.1, 0.15) is 0 Å². The first kappa shape index (κ1) is 17.7. The molecule has 0 N–H and O–H groups in total. The predicted octanol–water partition coefficient (Wildman–Crippen LogP) is 2.86. The Morgan fingerprint density at radius 1 is 1.00 bits per heavy atom. The normalized spacial score (nSPS) is 22.9. The Morgan fingerprint density at radius 2 is 1.77 bits per heavy atom. The van der Waals surface area contributed by atoms with Crippen LogP contribution in [-0.2, 0) is 20.1 Å². The first-order chi connectivity index (χ1) is 12.7. The lowest BCUT2D eigenvalue weighted by atomic mass is 9.83. The van der Waals surface area contributed by atoms with Gasteiger partial charge in [0.15, 0.2) is 0 Å². The quantitative estimate of drug-likeness (QED) is 0.828. The van der Waals surface area contributed by atoms with Gasteiger partial charge in [0, 0.05) is 50.3 Å². The maximum atomic E-state index is 4.39. The highest BCUT2D eigenvalue weighted by Crippen LogP contribution is 2.33. The van der Waals surface area contributed by atoms with Gasteiger partial charge >= 0.3 is 0 Å². The van der Waals surface area contributed by atoms with Gasteiger partial charge in [-0.05, 0) is 69.3 Å². The molecule has 0 aliphatic carbocycles. The van der Waals surface area contributed by atoms with Crippen molar-refractivity contribution >= 4 is 0 Å². The summed E-state index contributed by atoms with van der Waals surface area (Å²) in [5, 5.41) is 4.39. The number of aromatic nitrogens is 3. The molecular formula is C21H31N5. The Kier molecular flexibility index (Phi) is 5.36. The van der Waals surface area contributed by atoms with E-state index in [0.29, 0.717) is 0 Å². The van der Waals surface area contributed by atoms with E-state index in [-0.39, 0.29) is 0 Å². The average Bonchev–Trinajstić information content (AvgIpc) is 3.26. The summed E-state index contributed by atoms with van der Waals surface area (Å²) < 4.78 is 1.99. The van der Waals surface area contributed by atoms with E-state index < -0.39 is 0 Å². The van der Waals surface area contributed by atoms with Crippen LogP contribution in [-0.4, -0.2) is 50.7 Å². The van der Waals surface area contributed by atoms with Crippen LogP contribution >= 0.6 is 0 Å². The van der Waals surface area contributed by atoms with Crippen molar-refractivity contribution in [1.29, 1.82) is 0 Å². The van der Waals surface area contributed by atoms with Crippen LogP contribution in [0.15, 0.2) is 30.7 Å². The molecule has 1 unspecified atom stereocenters. The highest BCUT2D eigenvalue weighted by atomic mass is 15.3. The standard InChI is InChI=1S/C21H31N5/c1-17-21(13-23-24(17)2)16-26-11-7-20(15-26)19-5-9-25(10-6-19)14-18-4-3-8-22-12-18/h3-4,8,12-13,19-20H,5-7,9-11,14-16H2,1-2H3. The molecule has 2 fully saturated rings. The van der Waals surface area contributed by atoms with E-state index in [1.807, 2.05) is 36.4 Å². The number of hydrogen-bond acceptors (Lipinski definition) is 4. The van der Waals surface area contributed by atoms with Gasteiger partial charge in [0.05, 0.1) is 6.20 Å². The molecule has 0 saturated carbocycles. The summed E-state index contributed by atoms with van der Waals surface area (Å²) >= 11 is 0. The van der Waals surface area contributed by atoms with E-state index in [4.69, 9.17) is 0 Å². The minimum absolute atomic E-state index is 0.882. The van der Waals surface area contributed by atoms with E-state index in [0.717, 1.165) is 24.9 Å². The van der Waals surface area contributed by atoms with Crippen molar-refractivity contribution in [3.63, 3.8) is 0 Å². The lowest BCUT2D eigenvalue weighted by Gasteiger charge is -2.34. The molecule has 2 aliphatic heterocycles. The minimum Gasteiger partial charge on any atom is -0.299 e. The zero-order valence-electron chi connectivity index (χ0n) is 16.1. The van der Waals surface area contributed by atoms with Gasteiger partial charge in [0.25, 0.3) is 0 Å². The van der Waals surface area contributed by atoms with Crippen molar-refractivity contribution < 1.29 is 0 Å². The Morgan fingerprint density at radius 3 is 2.46 bits per heavy atom. The summed E-state index contributed by atoms with van der Waals surface area (Å²) in [6, 6.07) is 4.23. The molecule has 4 rings (SSSR count). The zero-order valence-corrected chi connectivity index (χ0v) is 16.1. The van der Waals surface area contributed by atoms with Gasteiger partial charge in [-0.1, -0.05) is 6.07 Å². The maximum absolute atomic E-state index is 4.39. The molecule has 0 bridgehead atoms. The monoisotopic (exact) mass is 353 g/mol. The fourth-order valence-electron chi connectivity index (χ4n) is 4.66. The Balaban J connectivity index is 1.24. The molecule has 5 nitrogen and oxygen atoms in total. The zero-order chi connectivity index (χ0) is 17.9. The highest BCUT2D eigenvalue weighted by Gasteiger charge is 2.32. The number of aryl methyl sites for hydroxylation is 1. The SMILES string of the molecule is Cc1c(CN2CCC(C3CCN(Cc4cccnc4)CC3)C2)cnn1C. The van der Waals surface area contributed by atoms with Crippen LogP contribution in [0.2, 0.25) is 0 Å². The van der Waals surface area contributed by atoms with Gasteiger partial charge in [-0.25, -0.2) is 0 Å².